The molecule has 2 heterocycles. The molecule has 6 heteroatoms. The van der Waals surface area contributed by atoms with Crippen LogP contribution in [0.1, 0.15) is 36.8 Å². The summed E-state index contributed by atoms with van der Waals surface area (Å²) >= 11 is 0. The highest BCUT2D eigenvalue weighted by molar-refractivity contribution is 5.73. The number of ether oxygens (including phenoxy) is 1. The third kappa shape index (κ3) is 7.13. The highest BCUT2D eigenvalue weighted by Gasteiger charge is 2.13. The molecule has 0 spiro atoms. The van der Waals surface area contributed by atoms with Gasteiger partial charge in [0.2, 0.25) is 0 Å². The zero-order valence-corrected chi connectivity index (χ0v) is 16.4. The predicted molar refractivity (Wildman–Crippen MR) is 108 cm³/mol. The first kappa shape index (κ1) is 20.1. The van der Waals surface area contributed by atoms with Gasteiger partial charge in [0.1, 0.15) is 0 Å². The number of nitrogens with zero attached hydrogens (tertiary/aromatic N) is 2. The van der Waals surface area contributed by atoms with Crippen molar-refractivity contribution < 1.29 is 9.53 Å². The molecule has 3 rings (SSSR count). The van der Waals surface area contributed by atoms with Gasteiger partial charge in [-0.25, -0.2) is 4.79 Å². The average molecular weight is 375 g/mol. The highest BCUT2D eigenvalue weighted by atomic mass is 16.5. The maximum Gasteiger partial charge on any atom is 0.315 e. The van der Waals surface area contributed by atoms with Crippen LogP contribution in [0, 0.1) is 0 Å². The number of hydrogen-bond donors (Lipinski definition) is 2. The Morgan fingerprint density at radius 2 is 1.67 bits per heavy atom. The summed E-state index contributed by atoms with van der Waals surface area (Å²) in [5, 5.41) is 5.99. The lowest BCUT2D eigenvalue weighted by molar-refractivity contribution is 0.0341. The molecule has 0 atom stereocenters. The van der Waals surface area contributed by atoms with Gasteiger partial charge < -0.3 is 20.3 Å². The Kier molecular flexibility index (Phi) is 8.39. The number of amides is 2. The van der Waals surface area contributed by atoms with Crippen molar-refractivity contribution in [3.8, 4) is 0 Å². The highest BCUT2D eigenvalue weighted by Crippen LogP contribution is 2.13. The summed E-state index contributed by atoms with van der Waals surface area (Å²) in [6.45, 7) is 9.45. The minimum absolute atomic E-state index is 0.0719. The van der Waals surface area contributed by atoms with Gasteiger partial charge in [-0.2, -0.15) is 0 Å². The van der Waals surface area contributed by atoms with Crippen LogP contribution in [0.25, 0.3) is 0 Å². The molecule has 2 aliphatic rings. The van der Waals surface area contributed by atoms with Gasteiger partial charge >= 0.3 is 6.03 Å². The normalized spacial score (nSPS) is 18.5. The molecule has 0 bridgehead atoms. The van der Waals surface area contributed by atoms with Crippen LogP contribution in [0.5, 0.6) is 0 Å². The van der Waals surface area contributed by atoms with E-state index in [1.165, 1.54) is 37.1 Å². The Morgan fingerprint density at radius 3 is 2.44 bits per heavy atom. The average Bonchev–Trinajstić information content (AvgIpc) is 3.21. The number of carbonyl (C=O) groups excluding carboxylic acids is 1. The second-order valence-corrected chi connectivity index (χ2v) is 7.52. The summed E-state index contributed by atoms with van der Waals surface area (Å²) < 4.78 is 5.42. The Morgan fingerprint density at radius 1 is 0.926 bits per heavy atom. The van der Waals surface area contributed by atoms with E-state index in [4.69, 9.17) is 4.74 Å². The summed E-state index contributed by atoms with van der Waals surface area (Å²) in [5.41, 5.74) is 2.47. The topological polar surface area (TPSA) is 56.8 Å². The van der Waals surface area contributed by atoms with E-state index in [0.29, 0.717) is 6.54 Å². The van der Waals surface area contributed by atoms with Gasteiger partial charge in [-0.1, -0.05) is 24.3 Å². The van der Waals surface area contributed by atoms with Crippen molar-refractivity contribution >= 4 is 6.03 Å². The molecule has 1 aromatic carbocycles. The predicted octanol–water partition coefficient (Wildman–Crippen LogP) is 2.19. The summed E-state index contributed by atoms with van der Waals surface area (Å²) in [4.78, 5) is 17.0. The molecule has 0 aliphatic carbocycles. The van der Waals surface area contributed by atoms with Gasteiger partial charge in [-0.05, 0) is 56.4 Å². The number of morpholine rings is 1. The third-order valence-corrected chi connectivity index (χ3v) is 5.44. The van der Waals surface area contributed by atoms with E-state index in [1.54, 1.807) is 0 Å². The fraction of sp³-hybridized carbons (Fsp3) is 0.667. The number of urea groups is 1. The fourth-order valence-electron chi connectivity index (χ4n) is 3.79. The van der Waals surface area contributed by atoms with Crippen LogP contribution in [-0.4, -0.2) is 68.3 Å². The maximum atomic E-state index is 12.1. The first-order valence-electron chi connectivity index (χ1n) is 10.4. The van der Waals surface area contributed by atoms with Gasteiger partial charge in [-0.15, -0.1) is 0 Å². The molecule has 27 heavy (non-hydrogen) atoms. The molecule has 1 aromatic rings. The van der Waals surface area contributed by atoms with Gasteiger partial charge in [0.05, 0.1) is 13.2 Å². The van der Waals surface area contributed by atoms with Crippen LogP contribution < -0.4 is 10.6 Å². The van der Waals surface area contributed by atoms with E-state index >= 15 is 0 Å². The monoisotopic (exact) mass is 374 g/mol. The van der Waals surface area contributed by atoms with Crippen molar-refractivity contribution in [3.05, 3.63) is 35.4 Å². The van der Waals surface area contributed by atoms with Crippen LogP contribution in [0.4, 0.5) is 4.79 Å². The lowest BCUT2D eigenvalue weighted by Gasteiger charge is -2.27. The first-order valence-corrected chi connectivity index (χ1v) is 10.4. The van der Waals surface area contributed by atoms with E-state index in [-0.39, 0.29) is 6.03 Å². The summed E-state index contributed by atoms with van der Waals surface area (Å²) in [6.07, 6.45) is 4.88. The minimum atomic E-state index is -0.0719. The van der Waals surface area contributed by atoms with E-state index in [9.17, 15) is 4.79 Å². The van der Waals surface area contributed by atoms with Crippen molar-refractivity contribution in [2.75, 3.05) is 52.5 Å². The largest absolute Gasteiger partial charge is 0.379 e. The molecule has 6 nitrogen and oxygen atoms in total. The Bertz CT molecular complexity index is 569. The Balaban J connectivity index is 1.33. The van der Waals surface area contributed by atoms with Crippen molar-refractivity contribution in [2.45, 2.75) is 38.8 Å². The second kappa shape index (κ2) is 11.3. The number of rotatable bonds is 9. The number of nitrogens with one attached hydrogen (secondary N) is 2. The van der Waals surface area contributed by atoms with Crippen LogP contribution >= 0.6 is 0 Å². The number of benzene rings is 1. The van der Waals surface area contributed by atoms with Crippen LogP contribution in [0.2, 0.25) is 0 Å². The summed E-state index contributed by atoms with van der Waals surface area (Å²) in [5.74, 6) is 0. The van der Waals surface area contributed by atoms with Crippen molar-refractivity contribution in [1.82, 2.24) is 20.4 Å². The van der Waals surface area contributed by atoms with Crippen molar-refractivity contribution in [1.29, 1.82) is 0 Å². The van der Waals surface area contributed by atoms with Crippen molar-refractivity contribution in [3.63, 3.8) is 0 Å². The van der Waals surface area contributed by atoms with Crippen molar-refractivity contribution in [2.24, 2.45) is 0 Å². The molecule has 2 saturated heterocycles. The van der Waals surface area contributed by atoms with Crippen LogP contribution in [-0.2, 0) is 17.8 Å². The van der Waals surface area contributed by atoms with E-state index in [2.05, 4.69) is 38.6 Å². The van der Waals surface area contributed by atoms with Gasteiger partial charge in [0.15, 0.2) is 0 Å². The van der Waals surface area contributed by atoms with Crippen LogP contribution in [0.3, 0.4) is 0 Å². The standard InChI is InChI=1S/C21H34N4O2/c26-21(22-9-3-4-10-24-11-5-6-12-24)23-17-19-7-1-2-8-20(19)18-25-13-15-27-16-14-25/h1-2,7-8H,3-6,9-18H2,(H2,22,23,26). The molecular formula is C21H34N4O2. The van der Waals surface area contributed by atoms with E-state index in [0.717, 1.165) is 58.8 Å². The van der Waals surface area contributed by atoms with E-state index < -0.39 is 0 Å². The Labute approximate surface area is 163 Å². The molecule has 150 valence electrons. The smallest absolute Gasteiger partial charge is 0.315 e. The molecule has 2 fully saturated rings. The fourth-order valence-corrected chi connectivity index (χ4v) is 3.79. The molecule has 2 N–H and O–H groups in total. The number of carbonyl (C=O) groups is 1. The molecular weight excluding hydrogens is 340 g/mol. The molecule has 0 saturated carbocycles. The molecule has 2 aliphatic heterocycles. The molecule has 0 aromatic heterocycles. The van der Waals surface area contributed by atoms with Crippen LogP contribution in [0.15, 0.2) is 24.3 Å². The number of likely N-dealkylation sites (tertiary alicyclic amines) is 1. The zero-order chi connectivity index (χ0) is 18.7. The lowest BCUT2D eigenvalue weighted by atomic mass is 10.1. The zero-order valence-electron chi connectivity index (χ0n) is 16.4. The van der Waals surface area contributed by atoms with Gasteiger partial charge in [0, 0.05) is 32.7 Å². The number of hydrogen-bond acceptors (Lipinski definition) is 4. The number of unbranched alkanes of at least 4 members (excludes halogenated alkanes) is 1. The molecule has 0 unspecified atom stereocenters. The SMILES string of the molecule is O=C(NCCCCN1CCCC1)NCc1ccccc1CN1CCOCC1. The third-order valence-electron chi connectivity index (χ3n) is 5.44. The molecule has 2 amide bonds. The lowest BCUT2D eigenvalue weighted by Crippen LogP contribution is -2.37. The first-order chi connectivity index (χ1) is 13.3. The Hall–Kier alpha value is -1.63. The van der Waals surface area contributed by atoms with Gasteiger partial charge in [0.25, 0.3) is 0 Å². The minimum Gasteiger partial charge on any atom is -0.379 e. The molecule has 0 radical (unpaired) electrons. The van der Waals surface area contributed by atoms with Gasteiger partial charge in [-0.3, -0.25) is 4.90 Å². The summed E-state index contributed by atoms with van der Waals surface area (Å²) in [7, 11) is 0. The summed E-state index contributed by atoms with van der Waals surface area (Å²) in [6, 6.07) is 8.29. The van der Waals surface area contributed by atoms with E-state index in [1.807, 2.05) is 6.07 Å². The second-order valence-electron chi connectivity index (χ2n) is 7.52. The maximum absolute atomic E-state index is 12.1. The quantitative estimate of drug-likeness (QED) is 0.651.